The van der Waals surface area contributed by atoms with E-state index >= 15 is 0 Å². The number of carboxylic acids is 1. The number of nitrogens with zero attached hydrogens (tertiary/aromatic N) is 1. The molecule has 0 radical (unpaired) electrons. The number of carboxylic acid groups (broad SMARTS) is 1. The number of rotatable bonds is 7. The van der Waals surface area contributed by atoms with Gasteiger partial charge in [0.1, 0.15) is 0 Å². The van der Waals surface area contributed by atoms with Crippen molar-refractivity contribution in [1.29, 1.82) is 0 Å². The molecule has 0 saturated heterocycles. The van der Waals surface area contributed by atoms with Gasteiger partial charge in [-0.25, -0.2) is 0 Å². The zero-order chi connectivity index (χ0) is 15.2. The highest BCUT2D eigenvalue weighted by Crippen LogP contribution is 2.24. The van der Waals surface area contributed by atoms with Crippen molar-refractivity contribution < 1.29 is 14.7 Å². The number of anilines is 1. The number of benzene rings is 1. The minimum Gasteiger partial charge on any atom is -0.480 e. The molecule has 2 N–H and O–H groups in total. The number of carbonyl (C=O) groups is 2. The predicted molar refractivity (Wildman–Crippen MR) is 81.4 cm³/mol. The number of hydrogen-bond donors (Lipinski definition) is 2. The lowest BCUT2D eigenvalue weighted by Crippen LogP contribution is -2.37. The molecule has 0 saturated carbocycles. The van der Waals surface area contributed by atoms with Crippen molar-refractivity contribution >= 4 is 17.6 Å². The van der Waals surface area contributed by atoms with Gasteiger partial charge in [0.25, 0.3) is 0 Å². The molecular weight excluding hydrogens is 268 g/mol. The van der Waals surface area contributed by atoms with E-state index < -0.39 is 5.97 Å². The molecule has 5 heteroatoms. The topological polar surface area (TPSA) is 69.6 Å². The van der Waals surface area contributed by atoms with Gasteiger partial charge in [0.05, 0.1) is 13.1 Å². The lowest BCUT2D eigenvalue weighted by atomic mass is 10.1. The van der Waals surface area contributed by atoms with E-state index in [4.69, 9.17) is 5.11 Å². The lowest BCUT2D eigenvalue weighted by molar-refractivity contribution is -0.138. The highest BCUT2D eigenvalue weighted by Gasteiger charge is 2.14. The number of fused-ring (bicyclic) bond motifs is 1. The van der Waals surface area contributed by atoms with E-state index in [0.717, 1.165) is 18.5 Å². The van der Waals surface area contributed by atoms with Crippen LogP contribution in [-0.4, -0.2) is 41.5 Å². The van der Waals surface area contributed by atoms with Gasteiger partial charge in [0.15, 0.2) is 0 Å². The maximum atomic E-state index is 12.0. The Morgan fingerprint density at radius 2 is 2.05 bits per heavy atom. The normalized spacial score (nSPS) is 13.0. The summed E-state index contributed by atoms with van der Waals surface area (Å²) in [5.74, 6) is -1.17. The molecular formula is C16H20N2O3. The van der Waals surface area contributed by atoms with Crippen molar-refractivity contribution in [3.8, 4) is 0 Å². The third-order valence-corrected chi connectivity index (χ3v) is 3.50. The first-order chi connectivity index (χ1) is 10.1. The van der Waals surface area contributed by atoms with Crippen LogP contribution in [0.1, 0.15) is 17.5 Å². The standard InChI is InChI=1S/C16H20N2O3/c1-2-8-18(11-16(20)21)10-15(19)17-14-7-6-12-4-3-5-13(12)9-14/h2,6-7,9H,1,3-5,8,10-11H2,(H,17,19)(H,20,21). The van der Waals surface area contributed by atoms with Crippen LogP contribution in [0.5, 0.6) is 0 Å². The van der Waals surface area contributed by atoms with Crippen LogP contribution in [-0.2, 0) is 22.4 Å². The fourth-order valence-electron chi connectivity index (χ4n) is 2.61. The molecule has 0 fully saturated rings. The number of amides is 1. The molecule has 1 aliphatic carbocycles. The van der Waals surface area contributed by atoms with Crippen molar-refractivity contribution in [2.75, 3.05) is 25.0 Å². The highest BCUT2D eigenvalue weighted by atomic mass is 16.4. The van der Waals surface area contributed by atoms with E-state index in [1.165, 1.54) is 22.4 Å². The number of aliphatic carboxylic acids is 1. The van der Waals surface area contributed by atoms with Crippen LogP contribution in [0.25, 0.3) is 0 Å². The number of aryl methyl sites for hydroxylation is 2. The van der Waals surface area contributed by atoms with E-state index in [1.54, 1.807) is 6.08 Å². The van der Waals surface area contributed by atoms with Gasteiger partial charge in [-0.1, -0.05) is 12.1 Å². The van der Waals surface area contributed by atoms with E-state index in [0.29, 0.717) is 6.54 Å². The summed E-state index contributed by atoms with van der Waals surface area (Å²) in [7, 11) is 0. The summed E-state index contributed by atoms with van der Waals surface area (Å²) in [6.45, 7) is 3.80. The van der Waals surface area contributed by atoms with Crippen molar-refractivity contribution in [3.63, 3.8) is 0 Å². The van der Waals surface area contributed by atoms with Gasteiger partial charge in [-0.15, -0.1) is 6.58 Å². The van der Waals surface area contributed by atoms with Crippen LogP contribution < -0.4 is 5.32 Å². The molecule has 0 heterocycles. The minimum absolute atomic E-state index is 0.0371. The third-order valence-electron chi connectivity index (χ3n) is 3.50. The quantitative estimate of drug-likeness (QED) is 0.749. The summed E-state index contributed by atoms with van der Waals surface area (Å²) >= 11 is 0. The summed E-state index contributed by atoms with van der Waals surface area (Å²) in [4.78, 5) is 24.3. The van der Waals surface area contributed by atoms with Crippen LogP contribution in [0.4, 0.5) is 5.69 Å². The fraction of sp³-hybridized carbons (Fsp3) is 0.375. The van der Waals surface area contributed by atoms with Crippen LogP contribution in [0.15, 0.2) is 30.9 Å². The average Bonchev–Trinajstić information content (AvgIpc) is 2.85. The van der Waals surface area contributed by atoms with Gasteiger partial charge in [-0.05, 0) is 42.5 Å². The van der Waals surface area contributed by atoms with E-state index in [9.17, 15) is 9.59 Å². The zero-order valence-electron chi connectivity index (χ0n) is 12.0. The van der Waals surface area contributed by atoms with Crippen molar-refractivity contribution in [2.45, 2.75) is 19.3 Å². The molecule has 0 aliphatic heterocycles. The highest BCUT2D eigenvalue weighted by molar-refractivity contribution is 5.92. The Labute approximate surface area is 124 Å². The van der Waals surface area contributed by atoms with E-state index in [-0.39, 0.29) is 19.0 Å². The maximum absolute atomic E-state index is 12.0. The van der Waals surface area contributed by atoms with Gasteiger partial charge in [-0.3, -0.25) is 14.5 Å². The molecule has 0 atom stereocenters. The van der Waals surface area contributed by atoms with E-state index in [1.807, 2.05) is 12.1 Å². The fourth-order valence-corrected chi connectivity index (χ4v) is 2.61. The second-order valence-corrected chi connectivity index (χ2v) is 5.24. The molecule has 112 valence electrons. The molecule has 0 bridgehead atoms. The number of hydrogen-bond acceptors (Lipinski definition) is 3. The molecule has 0 unspecified atom stereocenters. The average molecular weight is 288 g/mol. The first kappa shape index (κ1) is 15.3. The minimum atomic E-state index is -0.956. The summed E-state index contributed by atoms with van der Waals surface area (Å²) in [5, 5.41) is 11.6. The number of nitrogens with one attached hydrogen (secondary N) is 1. The van der Waals surface area contributed by atoms with Crippen molar-refractivity contribution in [2.24, 2.45) is 0 Å². The largest absolute Gasteiger partial charge is 0.480 e. The molecule has 2 rings (SSSR count). The first-order valence-electron chi connectivity index (χ1n) is 7.05. The molecule has 1 aliphatic rings. The van der Waals surface area contributed by atoms with Gasteiger partial charge >= 0.3 is 5.97 Å². The monoisotopic (exact) mass is 288 g/mol. The van der Waals surface area contributed by atoms with Gasteiger partial charge in [0.2, 0.25) is 5.91 Å². The molecule has 0 spiro atoms. The zero-order valence-corrected chi connectivity index (χ0v) is 12.0. The number of carbonyl (C=O) groups excluding carboxylic acids is 1. The Bertz CT molecular complexity index is 554. The SMILES string of the molecule is C=CCN(CC(=O)O)CC(=O)Nc1ccc2c(c1)CCC2. The Hall–Kier alpha value is -2.14. The molecule has 0 aromatic heterocycles. The first-order valence-corrected chi connectivity index (χ1v) is 7.05. The second-order valence-electron chi connectivity index (χ2n) is 5.24. The Balaban J connectivity index is 1.93. The van der Waals surface area contributed by atoms with Gasteiger partial charge in [-0.2, -0.15) is 0 Å². The summed E-state index contributed by atoms with van der Waals surface area (Å²) in [5.41, 5.74) is 3.42. The van der Waals surface area contributed by atoms with Crippen LogP contribution in [0.2, 0.25) is 0 Å². The Morgan fingerprint density at radius 3 is 2.76 bits per heavy atom. The Kier molecular flexibility index (Phi) is 5.11. The molecule has 1 aromatic carbocycles. The maximum Gasteiger partial charge on any atom is 0.317 e. The van der Waals surface area contributed by atoms with E-state index in [2.05, 4.69) is 18.0 Å². The van der Waals surface area contributed by atoms with Gasteiger partial charge < -0.3 is 10.4 Å². The molecule has 1 aromatic rings. The second kappa shape index (κ2) is 7.04. The van der Waals surface area contributed by atoms with Crippen LogP contribution >= 0.6 is 0 Å². The predicted octanol–water partition coefficient (Wildman–Crippen LogP) is 1.69. The van der Waals surface area contributed by atoms with Crippen molar-refractivity contribution in [3.05, 3.63) is 42.0 Å². The summed E-state index contributed by atoms with van der Waals surface area (Å²) < 4.78 is 0. The molecule has 21 heavy (non-hydrogen) atoms. The van der Waals surface area contributed by atoms with Crippen LogP contribution in [0.3, 0.4) is 0 Å². The third kappa shape index (κ3) is 4.43. The molecule has 1 amide bonds. The lowest BCUT2D eigenvalue weighted by Gasteiger charge is -2.17. The summed E-state index contributed by atoms with van der Waals surface area (Å²) in [6.07, 6.45) is 4.92. The van der Waals surface area contributed by atoms with Gasteiger partial charge in [0, 0.05) is 12.2 Å². The Morgan fingerprint density at radius 1 is 1.29 bits per heavy atom. The summed E-state index contributed by atoms with van der Waals surface area (Å²) in [6, 6.07) is 5.96. The smallest absolute Gasteiger partial charge is 0.317 e. The van der Waals surface area contributed by atoms with Crippen molar-refractivity contribution in [1.82, 2.24) is 4.90 Å². The molecule has 5 nitrogen and oxygen atoms in total. The van der Waals surface area contributed by atoms with Crippen LogP contribution in [0, 0.1) is 0 Å².